The molecule has 0 spiro atoms. The number of nitrogens with zero attached hydrogens (tertiary/aromatic N) is 1. The quantitative estimate of drug-likeness (QED) is 0.655. The Morgan fingerprint density at radius 2 is 2.00 bits per heavy atom. The molecule has 0 unspecified atom stereocenters. The molecule has 1 fully saturated rings. The average Bonchev–Trinajstić information content (AvgIpc) is 2.10. The maximum atomic E-state index is 11.1. The van der Waals surface area contributed by atoms with Crippen molar-refractivity contribution in [2.75, 3.05) is 18.1 Å². The van der Waals surface area contributed by atoms with Gasteiger partial charge >= 0.3 is 0 Å². The summed E-state index contributed by atoms with van der Waals surface area (Å²) in [6, 6.07) is 2.07. The van der Waals surface area contributed by atoms with E-state index in [-0.39, 0.29) is 11.5 Å². The van der Waals surface area contributed by atoms with Crippen molar-refractivity contribution in [3.8, 4) is 6.07 Å². The minimum Gasteiger partial charge on any atom is -0.360 e. The van der Waals surface area contributed by atoms with E-state index in [2.05, 4.69) is 6.07 Å². The molecule has 0 saturated carbocycles. The molecular formula is C8H13NO3S. The summed E-state index contributed by atoms with van der Waals surface area (Å²) in [5, 5.41) is 8.87. The first-order valence-corrected chi connectivity index (χ1v) is 6.11. The molecule has 5 heteroatoms. The molecule has 1 heterocycles. The monoisotopic (exact) mass is 203 g/mol. The fourth-order valence-corrected chi connectivity index (χ4v) is 2.92. The lowest BCUT2D eigenvalue weighted by Gasteiger charge is -2.29. The SMILES string of the molecule is CCOC1(C#N)CCS(=O)(=O)CC1. The molecular weight excluding hydrogens is 190 g/mol. The molecule has 0 amide bonds. The lowest BCUT2D eigenvalue weighted by molar-refractivity contribution is -0.00155. The summed E-state index contributed by atoms with van der Waals surface area (Å²) in [6.45, 7) is 2.26. The lowest BCUT2D eigenvalue weighted by atomic mass is 9.99. The second-order valence-corrected chi connectivity index (χ2v) is 5.49. The number of rotatable bonds is 2. The van der Waals surface area contributed by atoms with Crippen LogP contribution in [0.3, 0.4) is 0 Å². The highest BCUT2D eigenvalue weighted by Gasteiger charge is 2.37. The van der Waals surface area contributed by atoms with Crippen molar-refractivity contribution in [3.63, 3.8) is 0 Å². The van der Waals surface area contributed by atoms with Crippen LogP contribution in [0.2, 0.25) is 0 Å². The van der Waals surface area contributed by atoms with Crippen molar-refractivity contribution in [1.29, 1.82) is 5.26 Å². The number of sulfone groups is 1. The third kappa shape index (κ3) is 2.42. The first-order chi connectivity index (χ1) is 6.04. The first kappa shape index (κ1) is 10.5. The summed E-state index contributed by atoms with van der Waals surface area (Å²) in [7, 11) is -2.91. The van der Waals surface area contributed by atoms with E-state index >= 15 is 0 Å². The summed E-state index contributed by atoms with van der Waals surface area (Å²) in [5.74, 6) is 0.140. The van der Waals surface area contributed by atoms with Gasteiger partial charge in [-0.05, 0) is 6.92 Å². The highest BCUT2D eigenvalue weighted by molar-refractivity contribution is 7.91. The van der Waals surface area contributed by atoms with Crippen LogP contribution in [0, 0.1) is 11.3 Å². The molecule has 4 nitrogen and oxygen atoms in total. The van der Waals surface area contributed by atoms with Crippen molar-refractivity contribution in [2.45, 2.75) is 25.4 Å². The Morgan fingerprint density at radius 1 is 1.46 bits per heavy atom. The molecule has 1 rings (SSSR count). The number of ether oxygens (including phenoxy) is 1. The van der Waals surface area contributed by atoms with Crippen molar-refractivity contribution >= 4 is 9.84 Å². The van der Waals surface area contributed by atoms with Crippen LogP contribution >= 0.6 is 0 Å². The van der Waals surface area contributed by atoms with Crippen LogP contribution < -0.4 is 0 Å². The minimum absolute atomic E-state index is 0.0700. The standard InChI is InChI=1S/C8H13NO3S/c1-2-12-8(7-9)3-5-13(10,11)6-4-8/h2-6H2,1H3. The van der Waals surface area contributed by atoms with Gasteiger partial charge in [0.15, 0.2) is 15.4 Å². The van der Waals surface area contributed by atoms with Gasteiger partial charge in [-0.25, -0.2) is 8.42 Å². The van der Waals surface area contributed by atoms with Crippen molar-refractivity contribution in [3.05, 3.63) is 0 Å². The predicted molar refractivity (Wildman–Crippen MR) is 47.9 cm³/mol. The smallest absolute Gasteiger partial charge is 0.156 e. The average molecular weight is 203 g/mol. The van der Waals surface area contributed by atoms with E-state index < -0.39 is 15.4 Å². The largest absolute Gasteiger partial charge is 0.360 e. The minimum atomic E-state index is -2.91. The number of nitriles is 1. The molecule has 0 atom stereocenters. The molecule has 1 saturated heterocycles. The van der Waals surface area contributed by atoms with Crippen molar-refractivity contribution < 1.29 is 13.2 Å². The zero-order valence-electron chi connectivity index (χ0n) is 7.62. The van der Waals surface area contributed by atoms with Crippen LogP contribution in [0.1, 0.15) is 19.8 Å². The maximum Gasteiger partial charge on any atom is 0.156 e. The van der Waals surface area contributed by atoms with Gasteiger partial charge in [0.05, 0.1) is 17.6 Å². The van der Waals surface area contributed by atoms with Gasteiger partial charge in [-0.2, -0.15) is 5.26 Å². The van der Waals surface area contributed by atoms with E-state index in [9.17, 15) is 8.42 Å². The Balaban J connectivity index is 2.70. The summed E-state index contributed by atoms with van der Waals surface area (Å²) in [5.41, 5.74) is -0.847. The van der Waals surface area contributed by atoms with Gasteiger partial charge in [0.1, 0.15) is 0 Å². The zero-order chi connectivity index (χ0) is 9.95. The van der Waals surface area contributed by atoms with Crippen LogP contribution in [-0.2, 0) is 14.6 Å². The molecule has 0 aromatic carbocycles. The van der Waals surface area contributed by atoms with Crippen LogP contribution in [0.4, 0.5) is 0 Å². The summed E-state index contributed by atoms with van der Waals surface area (Å²) >= 11 is 0. The summed E-state index contributed by atoms with van der Waals surface area (Å²) < 4.78 is 27.5. The van der Waals surface area contributed by atoms with E-state index in [0.717, 1.165) is 0 Å². The topological polar surface area (TPSA) is 67.2 Å². The fraction of sp³-hybridized carbons (Fsp3) is 0.875. The summed E-state index contributed by atoms with van der Waals surface area (Å²) in [4.78, 5) is 0. The normalized spacial score (nSPS) is 24.9. The van der Waals surface area contributed by atoms with E-state index in [0.29, 0.717) is 19.4 Å². The number of hydrogen-bond donors (Lipinski definition) is 0. The molecule has 1 aliphatic heterocycles. The molecule has 0 aliphatic carbocycles. The third-order valence-corrected chi connectivity index (χ3v) is 3.91. The Bertz CT molecular complexity index is 301. The molecule has 1 aliphatic rings. The van der Waals surface area contributed by atoms with Gasteiger partial charge in [-0.3, -0.25) is 0 Å². The second-order valence-electron chi connectivity index (χ2n) is 3.19. The zero-order valence-corrected chi connectivity index (χ0v) is 8.43. The highest BCUT2D eigenvalue weighted by Crippen LogP contribution is 2.26. The van der Waals surface area contributed by atoms with Gasteiger partial charge in [0, 0.05) is 19.4 Å². The Morgan fingerprint density at radius 3 is 2.38 bits per heavy atom. The summed E-state index contributed by atoms with van der Waals surface area (Å²) in [6.07, 6.45) is 0.610. The molecule has 0 aromatic rings. The third-order valence-electron chi connectivity index (χ3n) is 2.26. The Kier molecular flexibility index (Phi) is 2.94. The van der Waals surface area contributed by atoms with Gasteiger partial charge in [0.25, 0.3) is 0 Å². The van der Waals surface area contributed by atoms with Crippen LogP contribution in [-0.4, -0.2) is 32.1 Å². The van der Waals surface area contributed by atoms with E-state index in [4.69, 9.17) is 10.00 Å². The predicted octanol–water partition coefficient (Wildman–Crippen LogP) is 0.494. The van der Waals surface area contributed by atoms with Crippen LogP contribution in [0.5, 0.6) is 0 Å². The maximum absolute atomic E-state index is 11.1. The van der Waals surface area contributed by atoms with E-state index in [1.165, 1.54) is 0 Å². The molecule has 0 bridgehead atoms. The molecule has 13 heavy (non-hydrogen) atoms. The number of hydrogen-bond acceptors (Lipinski definition) is 4. The van der Waals surface area contributed by atoms with Gasteiger partial charge in [0.2, 0.25) is 0 Å². The van der Waals surface area contributed by atoms with E-state index in [1.807, 2.05) is 6.92 Å². The van der Waals surface area contributed by atoms with Crippen molar-refractivity contribution in [2.24, 2.45) is 0 Å². The van der Waals surface area contributed by atoms with Crippen molar-refractivity contribution in [1.82, 2.24) is 0 Å². The van der Waals surface area contributed by atoms with Gasteiger partial charge < -0.3 is 4.74 Å². The lowest BCUT2D eigenvalue weighted by Crippen LogP contribution is -2.40. The Hall–Kier alpha value is -0.600. The first-order valence-electron chi connectivity index (χ1n) is 4.29. The fourth-order valence-electron chi connectivity index (χ4n) is 1.43. The molecule has 0 N–H and O–H groups in total. The van der Waals surface area contributed by atoms with Gasteiger partial charge in [-0.15, -0.1) is 0 Å². The highest BCUT2D eigenvalue weighted by atomic mass is 32.2. The molecule has 0 radical (unpaired) electrons. The van der Waals surface area contributed by atoms with E-state index in [1.54, 1.807) is 0 Å². The van der Waals surface area contributed by atoms with Crippen LogP contribution in [0.25, 0.3) is 0 Å². The second kappa shape index (κ2) is 3.64. The Labute approximate surface area is 78.4 Å². The molecule has 74 valence electrons. The van der Waals surface area contributed by atoms with Gasteiger partial charge in [-0.1, -0.05) is 0 Å². The molecule has 0 aromatic heterocycles. The van der Waals surface area contributed by atoms with Crippen LogP contribution in [0.15, 0.2) is 0 Å².